The van der Waals surface area contributed by atoms with Crippen LogP contribution in [0.4, 0.5) is 4.79 Å². The van der Waals surface area contributed by atoms with Crippen molar-refractivity contribution in [2.24, 2.45) is 0 Å². The Morgan fingerprint density at radius 3 is 2.40 bits per heavy atom. The summed E-state index contributed by atoms with van der Waals surface area (Å²) in [6, 6.07) is 11.7. The molecule has 0 aliphatic heterocycles. The average Bonchev–Trinajstić information content (AvgIpc) is 2.61. The van der Waals surface area contributed by atoms with Gasteiger partial charge >= 0.3 is 6.03 Å². The van der Waals surface area contributed by atoms with E-state index in [0.717, 1.165) is 17.7 Å². The van der Waals surface area contributed by atoms with Crippen LogP contribution in [0.5, 0.6) is 11.5 Å². The van der Waals surface area contributed by atoms with Crippen molar-refractivity contribution in [1.29, 1.82) is 0 Å². The molecule has 2 aromatic rings. The lowest BCUT2D eigenvalue weighted by Crippen LogP contribution is -2.36. The number of amides is 2. The molecular weight excluding hydrogens is 316 g/mol. The van der Waals surface area contributed by atoms with Gasteiger partial charge in [-0.3, -0.25) is 0 Å². The zero-order chi connectivity index (χ0) is 18.2. The molecule has 0 aliphatic rings. The van der Waals surface area contributed by atoms with Crippen LogP contribution in [0, 0.1) is 13.8 Å². The van der Waals surface area contributed by atoms with E-state index in [2.05, 4.69) is 42.7 Å². The van der Waals surface area contributed by atoms with Crippen molar-refractivity contribution in [2.75, 3.05) is 20.8 Å². The minimum Gasteiger partial charge on any atom is -0.497 e. The van der Waals surface area contributed by atoms with E-state index >= 15 is 0 Å². The topological polar surface area (TPSA) is 59.6 Å². The number of urea groups is 1. The lowest BCUT2D eigenvalue weighted by Gasteiger charge is -2.12. The highest BCUT2D eigenvalue weighted by Gasteiger charge is 2.07. The van der Waals surface area contributed by atoms with Crippen molar-refractivity contribution < 1.29 is 14.3 Å². The summed E-state index contributed by atoms with van der Waals surface area (Å²) < 4.78 is 10.5. The minimum absolute atomic E-state index is 0.192. The number of benzene rings is 2. The fourth-order valence-corrected chi connectivity index (χ4v) is 2.67. The van der Waals surface area contributed by atoms with Gasteiger partial charge in [0, 0.05) is 24.7 Å². The van der Waals surface area contributed by atoms with E-state index in [1.54, 1.807) is 20.3 Å². The molecule has 2 rings (SSSR count). The molecule has 0 unspecified atom stereocenters. The summed E-state index contributed by atoms with van der Waals surface area (Å²) in [7, 11) is 3.21. The number of aryl methyl sites for hydroxylation is 2. The second kappa shape index (κ2) is 8.97. The molecule has 0 saturated heterocycles. The highest BCUT2D eigenvalue weighted by molar-refractivity contribution is 5.73. The van der Waals surface area contributed by atoms with Crippen LogP contribution in [0.1, 0.15) is 22.3 Å². The smallest absolute Gasteiger partial charge is 0.315 e. The van der Waals surface area contributed by atoms with Gasteiger partial charge in [-0.05, 0) is 43.5 Å². The van der Waals surface area contributed by atoms with Gasteiger partial charge in [-0.1, -0.05) is 23.8 Å². The summed E-state index contributed by atoms with van der Waals surface area (Å²) in [5.74, 6) is 1.41. The van der Waals surface area contributed by atoms with Crippen molar-refractivity contribution in [3.05, 3.63) is 58.7 Å². The van der Waals surface area contributed by atoms with Crippen LogP contribution < -0.4 is 20.1 Å². The number of carbonyl (C=O) groups is 1. The van der Waals surface area contributed by atoms with Gasteiger partial charge in [0.1, 0.15) is 11.5 Å². The summed E-state index contributed by atoms with van der Waals surface area (Å²) in [4.78, 5) is 12.0. The molecular formula is C20H26N2O3. The van der Waals surface area contributed by atoms with Gasteiger partial charge in [-0.25, -0.2) is 4.79 Å². The summed E-state index contributed by atoms with van der Waals surface area (Å²) >= 11 is 0. The Morgan fingerprint density at radius 1 is 0.960 bits per heavy atom. The third kappa shape index (κ3) is 5.41. The van der Waals surface area contributed by atoms with Crippen LogP contribution in [0.3, 0.4) is 0 Å². The number of hydrogen-bond acceptors (Lipinski definition) is 3. The number of rotatable bonds is 7. The van der Waals surface area contributed by atoms with Crippen molar-refractivity contribution in [3.63, 3.8) is 0 Å². The SMILES string of the molecule is COc1ccc(CNC(=O)NCCc2ccc(C)cc2C)c(OC)c1. The second-order valence-electron chi connectivity index (χ2n) is 5.97. The summed E-state index contributed by atoms with van der Waals surface area (Å²) in [5, 5.41) is 5.74. The van der Waals surface area contributed by atoms with Gasteiger partial charge in [0.15, 0.2) is 0 Å². The van der Waals surface area contributed by atoms with Gasteiger partial charge in [0.05, 0.1) is 14.2 Å². The van der Waals surface area contributed by atoms with Gasteiger partial charge in [-0.2, -0.15) is 0 Å². The number of hydrogen-bond donors (Lipinski definition) is 2. The van der Waals surface area contributed by atoms with Crippen molar-refractivity contribution in [1.82, 2.24) is 10.6 Å². The molecule has 0 aromatic heterocycles. The van der Waals surface area contributed by atoms with Crippen LogP contribution in [-0.4, -0.2) is 26.8 Å². The lowest BCUT2D eigenvalue weighted by atomic mass is 10.0. The zero-order valence-electron chi connectivity index (χ0n) is 15.3. The molecule has 5 nitrogen and oxygen atoms in total. The first-order valence-electron chi connectivity index (χ1n) is 8.32. The van der Waals surface area contributed by atoms with Crippen molar-refractivity contribution >= 4 is 6.03 Å². The van der Waals surface area contributed by atoms with Gasteiger partial charge in [-0.15, -0.1) is 0 Å². The molecule has 0 fully saturated rings. The maximum absolute atomic E-state index is 12.0. The van der Waals surface area contributed by atoms with Crippen molar-refractivity contribution in [2.45, 2.75) is 26.8 Å². The Morgan fingerprint density at radius 2 is 1.72 bits per heavy atom. The van der Waals surface area contributed by atoms with Crippen LogP contribution in [-0.2, 0) is 13.0 Å². The van der Waals surface area contributed by atoms with E-state index in [1.807, 2.05) is 12.1 Å². The number of ether oxygens (including phenoxy) is 2. The van der Waals surface area contributed by atoms with Crippen LogP contribution in [0.2, 0.25) is 0 Å². The van der Waals surface area contributed by atoms with Gasteiger partial charge < -0.3 is 20.1 Å². The molecule has 134 valence electrons. The molecule has 0 radical (unpaired) electrons. The zero-order valence-corrected chi connectivity index (χ0v) is 15.3. The fraction of sp³-hybridized carbons (Fsp3) is 0.350. The highest BCUT2D eigenvalue weighted by Crippen LogP contribution is 2.24. The third-order valence-electron chi connectivity index (χ3n) is 4.11. The Labute approximate surface area is 149 Å². The molecule has 0 saturated carbocycles. The predicted molar refractivity (Wildman–Crippen MR) is 99.4 cm³/mol. The first-order chi connectivity index (χ1) is 12.0. The minimum atomic E-state index is -0.192. The predicted octanol–water partition coefficient (Wildman–Crippen LogP) is 3.36. The van der Waals surface area contributed by atoms with Crippen LogP contribution >= 0.6 is 0 Å². The lowest BCUT2D eigenvalue weighted by molar-refractivity contribution is 0.240. The summed E-state index contributed by atoms with van der Waals surface area (Å²) in [6.07, 6.45) is 0.811. The highest BCUT2D eigenvalue weighted by atomic mass is 16.5. The Balaban J connectivity index is 1.81. The monoisotopic (exact) mass is 342 g/mol. The van der Waals surface area contributed by atoms with E-state index in [-0.39, 0.29) is 6.03 Å². The van der Waals surface area contributed by atoms with E-state index < -0.39 is 0 Å². The molecule has 2 aromatic carbocycles. The number of methoxy groups -OCH3 is 2. The first-order valence-corrected chi connectivity index (χ1v) is 8.32. The van der Waals surface area contributed by atoms with E-state index in [4.69, 9.17) is 9.47 Å². The fourth-order valence-electron chi connectivity index (χ4n) is 2.67. The maximum Gasteiger partial charge on any atom is 0.315 e. The average molecular weight is 342 g/mol. The third-order valence-corrected chi connectivity index (χ3v) is 4.11. The second-order valence-corrected chi connectivity index (χ2v) is 5.97. The molecule has 0 heterocycles. The normalized spacial score (nSPS) is 10.2. The molecule has 0 bridgehead atoms. The Hall–Kier alpha value is -2.69. The quantitative estimate of drug-likeness (QED) is 0.811. The molecule has 0 aliphatic carbocycles. The molecule has 2 amide bonds. The molecule has 25 heavy (non-hydrogen) atoms. The molecule has 2 N–H and O–H groups in total. The molecule has 0 atom stereocenters. The molecule has 5 heteroatoms. The van der Waals surface area contributed by atoms with E-state index in [1.165, 1.54) is 16.7 Å². The standard InChI is InChI=1S/C20H26N2O3/c1-14-5-6-16(15(2)11-14)9-10-21-20(23)22-13-17-7-8-18(24-3)12-19(17)25-4/h5-8,11-12H,9-10,13H2,1-4H3,(H2,21,22,23). The van der Waals surface area contributed by atoms with E-state index in [9.17, 15) is 4.79 Å². The summed E-state index contributed by atoms with van der Waals surface area (Å²) in [5.41, 5.74) is 4.65. The first kappa shape index (κ1) is 18.6. The van der Waals surface area contributed by atoms with Crippen LogP contribution in [0.25, 0.3) is 0 Å². The number of nitrogens with one attached hydrogen (secondary N) is 2. The number of carbonyl (C=O) groups excluding carboxylic acids is 1. The van der Waals surface area contributed by atoms with Gasteiger partial charge in [0.2, 0.25) is 0 Å². The Kier molecular flexibility index (Phi) is 6.69. The van der Waals surface area contributed by atoms with Gasteiger partial charge in [0.25, 0.3) is 0 Å². The molecule has 0 spiro atoms. The van der Waals surface area contributed by atoms with Crippen LogP contribution in [0.15, 0.2) is 36.4 Å². The largest absolute Gasteiger partial charge is 0.497 e. The van der Waals surface area contributed by atoms with E-state index in [0.29, 0.717) is 18.8 Å². The summed E-state index contributed by atoms with van der Waals surface area (Å²) in [6.45, 7) is 5.16. The van der Waals surface area contributed by atoms with Crippen molar-refractivity contribution in [3.8, 4) is 11.5 Å². The Bertz CT molecular complexity index is 729. The maximum atomic E-state index is 12.0.